The van der Waals surface area contributed by atoms with Gasteiger partial charge in [-0.15, -0.1) is 0 Å². The highest BCUT2D eigenvalue weighted by atomic mass is 35.5. The van der Waals surface area contributed by atoms with E-state index in [0.717, 1.165) is 5.56 Å². The van der Waals surface area contributed by atoms with E-state index in [0.29, 0.717) is 16.5 Å². The topological polar surface area (TPSA) is 17.1 Å². The zero-order chi connectivity index (χ0) is 13.2. The fraction of sp³-hybridized carbons (Fsp3) is 0.235. The second kappa shape index (κ2) is 5.18. The number of hydrogen-bond acceptors (Lipinski definition) is 1. The number of rotatable bonds is 3. The Morgan fingerprint density at radius 3 is 2.53 bits per heavy atom. The summed E-state index contributed by atoms with van der Waals surface area (Å²) in [6.07, 6.45) is 3.66. The average molecular weight is 271 g/mol. The summed E-state index contributed by atoms with van der Waals surface area (Å²) < 4.78 is 0. The number of ketones is 1. The van der Waals surface area contributed by atoms with Crippen molar-refractivity contribution >= 4 is 17.4 Å². The molecule has 2 aromatic rings. The van der Waals surface area contributed by atoms with Crippen LogP contribution < -0.4 is 0 Å². The van der Waals surface area contributed by atoms with Crippen molar-refractivity contribution in [3.63, 3.8) is 0 Å². The molecule has 0 atom stereocenters. The zero-order valence-corrected chi connectivity index (χ0v) is 11.4. The molecule has 0 heterocycles. The number of carbonyl (C=O) groups excluding carboxylic acids is 1. The van der Waals surface area contributed by atoms with Crippen LogP contribution in [0.1, 0.15) is 46.7 Å². The maximum atomic E-state index is 12.6. The van der Waals surface area contributed by atoms with Crippen LogP contribution in [0.3, 0.4) is 0 Å². The molecule has 19 heavy (non-hydrogen) atoms. The zero-order valence-electron chi connectivity index (χ0n) is 10.6. The highest BCUT2D eigenvalue weighted by molar-refractivity contribution is 6.31. The quantitative estimate of drug-likeness (QED) is 0.730. The summed E-state index contributed by atoms with van der Waals surface area (Å²) in [7, 11) is 0. The van der Waals surface area contributed by atoms with Gasteiger partial charge in [-0.2, -0.15) is 0 Å². The maximum Gasteiger partial charge on any atom is 0.193 e. The standard InChI is InChI=1S/C17H15ClO/c18-14-8-4-7-13(11-14)17(19)16-10-2-1-9-15(16)12-5-3-6-12/h1-2,4,7-12H,3,5-6H2. The third kappa shape index (κ3) is 2.43. The smallest absolute Gasteiger partial charge is 0.193 e. The first kappa shape index (κ1) is 12.4. The average Bonchev–Trinajstić information content (AvgIpc) is 2.37. The largest absolute Gasteiger partial charge is 0.289 e. The highest BCUT2D eigenvalue weighted by Gasteiger charge is 2.24. The molecule has 0 spiro atoms. The van der Waals surface area contributed by atoms with Crippen molar-refractivity contribution in [2.45, 2.75) is 25.2 Å². The number of carbonyl (C=O) groups is 1. The Morgan fingerprint density at radius 2 is 1.84 bits per heavy atom. The molecule has 96 valence electrons. The summed E-state index contributed by atoms with van der Waals surface area (Å²) in [5.41, 5.74) is 2.69. The molecule has 0 bridgehead atoms. The van der Waals surface area contributed by atoms with Crippen molar-refractivity contribution < 1.29 is 4.79 Å². The molecule has 0 amide bonds. The Labute approximate surface area is 118 Å². The molecule has 0 N–H and O–H groups in total. The van der Waals surface area contributed by atoms with Crippen molar-refractivity contribution in [1.29, 1.82) is 0 Å². The summed E-state index contributed by atoms with van der Waals surface area (Å²) >= 11 is 5.96. The van der Waals surface area contributed by atoms with Crippen molar-refractivity contribution in [2.75, 3.05) is 0 Å². The highest BCUT2D eigenvalue weighted by Crippen LogP contribution is 2.38. The third-order valence-corrected chi connectivity index (χ3v) is 4.07. The number of benzene rings is 2. The molecule has 0 aromatic heterocycles. The van der Waals surface area contributed by atoms with Gasteiger partial charge in [-0.3, -0.25) is 4.79 Å². The van der Waals surface area contributed by atoms with Gasteiger partial charge >= 0.3 is 0 Å². The van der Waals surface area contributed by atoms with E-state index in [1.807, 2.05) is 30.3 Å². The Balaban J connectivity index is 1.99. The monoisotopic (exact) mass is 270 g/mol. The van der Waals surface area contributed by atoms with Crippen LogP contribution in [0.25, 0.3) is 0 Å². The second-order valence-electron chi connectivity index (χ2n) is 5.05. The lowest BCUT2D eigenvalue weighted by Crippen LogP contribution is -2.14. The molecule has 0 aliphatic heterocycles. The summed E-state index contributed by atoms with van der Waals surface area (Å²) in [6, 6.07) is 15.1. The minimum absolute atomic E-state index is 0.0741. The fourth-order valence-corrected chi connectivity index (χ4v) is 2.75. The van der Waals surface area contributed by atoms with E-state index in [1.54, 1.807) is 12.1 Å². The summed E-state index contributed by atoms with van der Waals surface area (Å²) in [5, 5.41) is 0.604. The molecule has 1 aliphatic carbocycles. The Morgan fingerprint density at radius 1 is 1.05 bits per heavy atom. The van der Waals surface area contributed by atoms with Gasteiger partial charge < -0.3 is 0 Å². The van der Waals surface area contributed by atoms with Gasteiger partial charge in [0.25, 0.3) is 0 Å². The Kier molecular flexibility index (Phi) is 3.39. The van der Waals surface area contributed by atoms with Gasteiger partial charge in [0.05, 0.1) is 0 Å². The summed E-state index contributed by atoms with van der Waals surface area (Å²) in [6.45, 7) is 0. The van der Waals surface area contributed by atoms with Crippen LogP contribution in [0.2, 0.25) is 5.02 Å². The van der Waals surface area contributed by atoms with Crippen LogP contribution in [-0.2, 0) is 0 Å². The van der Waals surface area contributed by atoms with E-state index < -0.39 is 0 Å². The minimum Gasteiger partial charge on any atom is -0.289 e. The van der Waals surface area contributed by atoms with E-state index in [9.17, 15) is 4.79 Å². The van der Waals surface area contributed by atoms with Gasteiger partial charge in [-0.1, -0.05) is 54.4 Å². The summed E-state index contributed by atoms with van der Waals surface area (Å²) in [4.78, 5) is 12.6. The van der Waals surface area contributed by atoms with Crippen LogP contribution in [0.4, 0.5) is 0 Å². The third-order valence-electron chi connectivity index (χ3n) is 3.84. The molecule has 1 saturated carbocycles. The normalized spacial score (nSPS) is 15.0. The predicted molar refractivity (Wildman–Crippen MR) is 77.9 cm³/mol. The molecule has 0 radical (unpaired) electrons. The van der Waals surface area contributed by atoms with Gasteiger partial charge in [-0.25, -0.2) is 0 Å². The Bertz CT molecular complexity index is 614. The van der Waals surface area contributed by atoms with Gasteiger partial charge in [0.1, 0.15) is 0 Å². The lowest BCUT2D eigenvalue weighted by Gasteiger charge is -2.27. The molecule has 1 aliphatic rings. The first-order chi connectivity index (χ1) is 9.25. The molecule has 1 nitrogen and oxygen atoms in total. The van der Waals surface area contributed by atoms with Crippen LogP contribution >= 0.6 is 11.6 Å². The number of hydrogen-bond donors (Lipinski definition) is 0. The minimum atomic E-state index is 0.0741. The SMILES string of the molecule is O=C(c1cccc(Cl)c1)c1ccccc1C1CCC1. The first-order valence-corrected chi connectivity index (χ1v) is 7.02. The molecule has 2 heteroatoms. The predicted octanol–water partition coefficient (Wildman–Crippen LogP) is 4.84. The van der Waals surface area contributed by atoms with Crippen LogP contribution in [-0.4, -0.2) is 5.78 Å². The lowest BCUT2D eigenvalue weighted by molar-refractivity contribution is 0.103. The lowest BCUT2D eigenvalue weighted by atomic mass is 9.77. The first-order valence-electron chi connectivity index (χ1n) is 6.65. The molecular formula is C17H15ClO. The van der Waals surface area contributed by atoms with Gasteiger partial charge in [0.15, 0.2) is 5.78 Å². The van der Waals surface area contributed by atoms with Gasteiger partial charge in [0, 0.05) is 16.1 Å². The van der Waals surface area contributed by atoms with E-state index in [-0.39, 0.29) is 5.78 Å². The second-order valence-corrected chi connectivity index (χ2v) is 5.49. The van der Waals surface area contributed by atoms with E-state index in [4.69, 9.17) is 11.6 Å². The van der Waals surface area contributed by atoms with Crippen LogP contribution in [0.15, 0.2) is 48.5 Å². The fourth-order valence-electron chi connectivity index (χ4n) is 2.56. The van der Waals surface area contributed by atoms with Crippen LogP contribution in [0, 0.1) is 0 Å². The van der Waals surface area contributed by atoms with E-state index in [1.165, 1.54) is 24.8 Å². The van der Waals surface area contributed by atoms with E-state index in [2.05, 4.69) is 6.07 Å². The van der Waals surface area contributed by atoms with Crippen LogP contribution in [0.5, 0.6) is 0 Å². The number of halogens is 1. The summed E-state index contributed by atoms with van der Waals surface area (Å²) in [5.74, 6) is 0.629. The molecule has 1 fully saturated rings. The maximum absolute atomic E-state index is 12.6. The van der Waals surface area contributed by atoms with Crippen molar-refractivity contribution in [3.8, 4) is 0 Å². The molecule has 0 saturated heterocycles. The molecule has 0 unspecified atom stereocenters. The van der Waals surface area contributed by atoms with Gasteiger partial charge in [0.2, 0.25) is 0 Å². The molecule has 3 rings (SSSR count). The van der Waals surface area contributed by atoms with E-state index >= 15 is 0 Å². The van der Waals surface area contributed by atoms with Crippen molar-refractivity contribution in [2.24, 2.45) is 0 Å². The molecule has 2 aromatic carbocycles. The van der Waals surface area contributed by atoms with Gasteiger partial charge in [-0.05, 0) is 36.5 Å². The Hall–Kier alpha value is -1.60. The van der Waals surface area contributed by atoms with Crippen molar-refractivity contribution in [3.05, 3.63) is 70.2 Å². The van der Waals surface area contributed by atoms with Crippen molar-refractivity contribution in [1.82, 2.24) is 0 Å². The molecular weight excluding hydrogens is 256 g/mol.